The van der Waals surface area contributed by atoms with Crippen molar-refractivity contribution in [3.63, 3.8) is 0 Å². The lowest BCUT2D eigenvalue weighted by Crippen LogP contribution is -2.41. The first-order valence-electron chi connectivity index (χ1n) is 5.83. The molecule has 3 nitrogen and oxygen atoms in total. The van der Waals surface area contributed by atoms with Crippen molar-refractivity contribution in [1.82, 2.24) is 5.32 Å². The van der Waals surface area contributed by atoms with Crippen molar-refractivity contribution in [2.75, 3.05) is 13.2 Å². The van der Waals surface area contributed by atoms with Crippen molar-refractivity contribution in [2.45, 2.75) is 45.3 Å². The molecule has 0 bridgehead atoms. The Hall–Kier alpha value is -0.613. The molecule has 0 spiro atoms. The summed E-state index contributed by atoms with van der Waals surface area (Å²) in [5.74, 6) is 0.0140. The molecule has 16 heavy (non-hydrogen) atoms. The second-order valence-electron chi connectivity index (χ2n) is 5.89. The molecule has 0 saturated heterocycles. The highest BCUT2D eigenvalue weighted by Crippen LogP contribution is 2.36. The highest BCUT2D eigenvalue weighted by molar-refractivity contribution is 6.74. The maximum Gasteiger partial charge on any atom is 0.244 e. The van der Waals surface area contributed by atoms with Gasteiger partial charge in [0.2, 0.25) is 5.91 Å². The van der Waals surface area contributed by atoms with Gasteiger partial charge in [0.05, 0.1) is 6.61 Å². The summed E-state index contributed by atoms with van der Waals surface area (Å²) in [6.45, 7) is 12.5. The van der Waals surface area contributed by atoms with Crippen LogP contribution >= 0.6 is 0 Å². The number of hydrogen-bond donors (Lipinski definition) is 1. The molecule has 0 aromatic carbocycles. The molecule has 4 heteroatoms. The Bertz CT molecular complexity index is 303. The van der Waals surface area contributed by atoms with Crippen LogP contribution in [0, 0.1) is 0 Å². The van der Waals surface area contributed by atoms with Crippen LogP contribution in [0.3, 0.4) is 0 Å². The molecule has 0 radical (unpaired) electrons. The van der Waals surface area contributed by atoms with Gasteiger partial charge in [-0.15, -0.1) is 0 Å². The Morgan fingerprint density at radius 2 is 2.06 bits per heavy atom. The Morgan fingerprint density at radius 3 is 2.56 bits per heavy atom. The summed E-state index contributed by atoms with van der Waals surface area (Å²) in [7, 11) is -1.68. The van der Waals surface area contributed by atoms with Gasteiger partial charge in [0.15, 0.2) is 8.32 Å². The molecule has 0 atom stereocenters. The summed E-state index contributed by atoms with van der Waals surface area (Å²) in [6.07, 6.45) is 2.59. The summed E-state index contributed by atoms with van der Waals surface area (Å²) in [4.78, 5) is 11.2. The van der Waals surface area contributed by atoms with E-state index in [4.69, 9.17) is 4.43 Å². The normalized spacial score (nSPS) is 18.1. The fourth-order valence-electron chi connectivity index (χ4n) is 1.26. The van der Waals surface area contributed by atoms with Gasteiger partial charge in [0.25, 0.3) is 0 Å². The lowest BCUT2D eigenvalue weighted by molar-refractivity contribution is -0.116. The summed E-state index contributed by atoms with van der Waals surface area (Å²) >= 11 is 0. The van der Waals surface area contributed by atoms with Crippen LogP contribution < -0.4 is 5.32 Å². The molecule has 0 fully saturated rings. The molecular weight excluding hydrogens is 218 g/mol. The fourth-order valence-corrected chi connectivity index (χ4v) is 2.24. The van der Waals surface area contributed by atoms with Gasteiger partial charge in [-0.2, -0.15) is 0 Å². The van der Waals surface area contributed by atoms with Gasteiger partial charge >= 0.3 is 0 Å². The monoisotopic (exact) mass is 241 g/mol. The van der Waals surface area contributed by atoms with Gasteiger partial charge in [-0.05, 0) is 30.1 Å². The zero-order valence-electron chi connectivity index (χ0n) is 11.0. The van der Waals surface area contributed by atoms with Crippen molar-refractivity contribution in [2.24, 2.45) is 0 Å². The number of carbonyl (C=O) groups excluding carboxylic acids is 1. The molecule has 1 amide bonds. The van der Waals surface area contributed by atoms with Gasteiger partial charge in [-0.3, -0.25) is 4.79 Å². The zero-order chi connectivity index (χ0) is 12.4. The van der Waals surface area contributed by atoms with Crippen LogP contribution in [0.2, 0.25) is 18.1 Å². The van der Waals surface area contributed by atoms with Gasteiger partial charge in [0, 0.05) is 12.6 Å². The Kier molecular flexibility index (Phi) is 3.96. The van der Waals surface area contributed by atoms with E-state index in [1.165, 1.54) is 0 Å². The average Bonchev–Trinajstić information content (AvgIpc) is 2.13. The van der Waals surface area contributed by atoms with E-state index >= 15 is 0 Å². The maximum atomic E-state index is 11.2. The molecule has 92 valence electrons. The average molecular weight is 241 g/mol. The van der Waals surface area contributed by atoms with Gasteiger partial charge in [-0.1, -0.05) is 20.8 Å². The van der Waals surface area contributed by atoms with E-state index in [0.717, 1.165) is 18.5 Å². The summed E-state index contributed by atoms with van der Waals surface area (Å²) < 4.78 is 6.07. The van der Waals surface area contributed by atoms with E-state index < -0.39 is 8.32 Å². The molecular formula is C12H23NO2Si. The Balaban J connectivity index is 2.54. The van der Waals surface area contributed by atoms with Crippen LogP contribution in [0.15, 0.2) is 11.6 Å². The van der Waals surface area contributed by atoms with Crippen LogP contribution in [0.5, 0.6) is 0 Å². The van der Waals surface area contributed by atoms with Crippen molar-refractivity contribution in [3.05, 3.63) is 11.6 Å². The Labute approximate surface area is 99.4 Å². The van der Waals surface area contributed by atoms with Crippen molar-refractivity contribution in [1.29, 1.82) is 0 Å². The summed E-state index contributed by atoms with van der Waals surface area (Å²) in [5, 5.41) is 3.01. The third-order valence-corrected chi connectivity index (χ3v) is 7.98. The van der Waals surface area contributed by atoms with Crippen LogP contribution in [0.25, 0.3) is 0 Å². The minimum atomic E-state index is -1.68. The van der Waals surface area contributed by atoms with Gasteiger partial charge in [-0.25, -0.2) is 0 Å². The van der Waals surface area contributed by atoms with Gasteiger partial charge in [0.1, 0.15) is 0 Å². The van der Waals surface area contributed by atoms with E-state index in [0.29, 0.717) is 6.61 Å². The first kappa shape index (κ1) is 13.5. The fraction of sp³-hybridized carbons (Fsp3) is 0.750. The molecule has 1 heterocycles. The first-order chi connectivity index (χ1) is 7.22. The largest absolute Gasteiger partial charge is 0.413 e. The predicted octanol–water partition coefficient (Wildman–Crippen LogP) is 2.45. The minimum Gasteiger partial charge on any atom is -0.413 e. The number of nitrogens with one attached hydrogen (secondary N) is 1. The van der Waals surface area contributed by atoms with Crippen LogP contribution in [0.4, 0.5) is 0 Å². The molecule has 1 aliphatic rings. The summed E-state index contributed by atoms with van der Waals surface area (Å²) in [5.41, 5.74) is 1.12. The molecule has 0 aromatic rings. The first-order valence-corrected chi connectivity index (χ1v) is 8.74. The van der Waals surface area contributed by atoms with Crippen molar-refractivity contribution >= 4 is 14.2 Å². The van der Waals surface area contributed by atoms with E-state index in [1.54, 1.807) is 6.08 Å². The molecule has 1 aliphatic heterocycles. The van der Waals surface area contributed by atoms with Crippen LogP contribution in [-0.4, -0.2) is 27.4 Å². The maximum absolute atomic E-state index is 11.2. The van der Waals surface area contributed by atoms with Gasteiger partial charge < -0.3 is 9.74 Å². The van der Waals surface area contributed by atoms with Crippen LogP contribution in [-0.2, 0) is 9.22 Å². The Morgan fingerprint density at radius 1 is 1.44 bits per heavy atom. The molecule has 1 N–H and O–H groups in total. The second-order valence-corrected chi connectivity index (χ2v) is 10.7. The predicted molar refractivity (Wildman–Crippen MR) is 68.9 cm³/mol. The minimum absolute atomic E-state index is 0.0140. The number of amides is 1. The van der Waals surface area contributed by atoms with Crippen molar-refractivity contribution < 1.29 is 9.22 Å². The van der Waals surface area contributed by atoms with E-state index in [1.807, 2.05) is 0 Å². The standard InChI is InChI=1S/C12H23NO2Si/c1-12(2,3)16(4,5)15-9-10-6-7-13-11(14)8-10/h8H,6-7,9H2,1-5H3,(H,13,14). The highest BCUT2D eigenvalue weighted by Gasteiger charge is 2.37. The van der Waals surface area contributed by atoms with E-state index in [9.17, 15) is 4.79 Å². The van der Waals surface area contributed by atoms with Crippen molar-refractivity contribution in [3.8, 4) is 0 Å². The molecule has 0 saturated carbocycles. The number of hydrogen-bond acceptors (Lipinski definition) is 2. The van der Waals surface area contributed by atoms with E-state index in [-0.39, 0.29) is 10.9 Å². The van der Waals surface area contributed by atoms with Crippen LogP contribution in [0.1, 0.15) is 27.2 Å². The molecule has 0 unspecified atom stereocenters. The topological polar surface area (TPSA) is 38.3 Å². The third kappa shape index (κ3) is 3.45. The van der Waals surface area contributed by atoms with E-state index in [2.05, 4.69) is 39.2 Å². The molecule has 1 rings (SSSR count). The SMILES string of the molecule is CC(C)(C)[Si](C)(C)OCC1=CC(=O)NCC1. The third-order valence-electron chi connectivity index (χ3n) is 3.51. The number of carbonyl (C=O) groups is 1. The smallest absolute Gasteiger partial charge is 0.244 e. The summed E-state index contributed by atoms with van der Waals surface area (Å²) in [6, 6.07) is 0. The second kappa shape index (κ2) is 4.71. The lowest BCUT2D eigenvalue weighted by Gasteiger charge is -2.36. The quantitative estimate of drug-likeness (QED) is 0.771. The molecule has 0 aliphatic carbocycles. The zero-order valence-corrected chi connectivity index (χ0v) is 12.0. The lowest BCUT2D eigenvalue weighted by atomic mass is 10.1. The highest BCUT2D eigenvalue weighted by atomic mass is 28.4. The number of rotatable bonds is 3. The molecule has 0 aromatic heterocycles.